The number of hydrogen-bond acceptors (Lipinski definition) is 1. The van der Waals surface area contributed by atoms with Gasteiger partial charge < -0.3 is 9.47 Å². The van der Waals surface area contributed by atoms with E-state index < -0.39 is 5.41 Å². The van der Waals surface area contributed by atoms with Gasteiger partial charge in [0.25, 0.3) is 0 Å². The van der Waals surface area contributed by atoms with E-state index in [0.29, 0.717) is 0 Å². The maximum atomic E-state index is 2.42. The molecule has 2 nitrogen and oxygen atoms in total. The topological polar surface area (TPSA) is 8.17 Å². The van der Waals surface area contributed by atoms with Gasteiger partial charge in [0, 0.05) is 33.5 Å². The fourth-order valence-electron chi connectivity index (χ4n) is 10.0. The number of rotatable bonds is 7. The molecule has 0 radical (unpaired) electrons. The van der Waals surface area contributed by atoms with Gasteiger partial charge in [0.1, 0.15) is 0 Å². The van der Waals surface area contributed by atoms with Crippen molar-refractivity contribution >= 4 is 38.9 Å². The number of anilines is 3. The Balaban J connectivity index is 1.09. The Labute approximate surface area is 358 Å². The van der Waals surface area contributed by atoms with Crippen LogP contribution in [0.1, 0.15) is 48.6 Å². The lowest BCUT2D eigenvalue weighted by atomic mass is 9.67. The second-order valence-electron chi connectivity index (χ2n) is 17.3. The van der Waals surface area contributed by atoms with Crippen LogP contribution in [0.4, 0.5) is 17.1 Å². The minimum absolute atomic E-state index is 0.00268. The summed E-state index contributed by atoms with van der Waals surface area (Å²) < 4.78 is 2.38. The molecular weight excluding hydrogens is 737 g/mol. The molecule has 0 amide bonds. The van der Waals surface area contributed by atoms with Crippen molar-refractivity contribution in [2.24, 2.45) is 0 Å². The van der Waals surface area contributed by atoms with Gasteiger partial charge in [0.2, 0.25) is 0 Å². The average Bonchev–Trinajstić information content (AvgIpc) is 3.81. The fraction of sp³-hybridized carbons (Fsp3) is 0.0847. The number of para-hydroxylation sites is 2. The van der Waals surface area contributed by atoms with Gasteiger partial charge in [-0.25, -0.2) is 0 Å². The zero-order valence-electron chi connectivity index (χ0n) is 34.8. The minimum atomic E-state index is -0.443. The lowest BCUT2D eigenvalue weighted by Crippen LogP contribution is -2.28. The molecular formula is C59H46N2. The Kier molecular flexibility index (Phi) is 8.65. The summed E-state index contributed by atoms with van der Waals surface area (Å²) >= 11 is 0. The lowest BCUT2D eigenvalue weighted by molar-refractivity contribution is 0.590. The zero-order valence-corrected chi connectivity index (χ0v) is 34.8. The van der Waals surface area contributed by atoms with E-state index in [0.717, 1.165) is 22.7 Å². The summed E-state index contributed by atoms with van der Waals surface area (Å²) in [5, 5.41) is 2.46. The van der Waals surface area contributed by atoms with Gasteiger partial charge in [0.15, 0.2) is 0 Å². The predicted molar refractivity (Wildman–Crippen MR) is 257 cm³/mol. The monoisotopic (exact) mass is 782 g/mol. The van der Waals surface area contributed by atoms with Crippen LogP contribution >= 0.6 is 0 Å². The summed E-state index contributed by atoms with van der Waals surface area (Å²) in [5.74, 6) is 0. The summed E-state index contributed by atoms with van der Waals surface area (Å²) in [5.41, 5.74) is 18.0. The van der Waals surface area contributed by atoms with E-state index in [1.807, 2.05) is 0 Å². The van der Waals surface area contributed by atoms with Crippen molar-refractivity contribution in [1.82, 2.24) is 4.57 Å². The molecule has 0 aliphatic heterocycles. The van der Waals surface area contributed by atoms with E-state index in [-0.39, 0.29) is 5.41 Å². The van der Waals surface area contributed by atoms with E-state index in [9.17, 15) is 0 Å². The Hall–Kier alpha value is -7.42. The van der Waals surface area contributed by atoms with E-state index in [1.54, 1.807) is 0 Å². The van der Waals surface area contributed by atoms with Gasteiger partial charge in [-0.15, -0.1) is 0 Å². The molecule has 1 heterocycles. The number of fused-ring (bicyclic) bond motifs is 6. The quantitative estimate of drug-likeness (QED) is 0.156. The third-order valence-electron chi connectivity index (χ3n) is 12.8. The van der Waals surface area contributed by atoms with E-state index in [2.05, 4.69) is 255 Å². The second-order valence-corrected chi connectivity index (χ2v) is 17.3. The molecule has 0 atom stereocenters. The summed E-state index contributed by atoms with van der Waals surface area (Å²) in [6, 6.07) is 82.7. The summed E-state index contributed by atoms with van der Waals surface area (Å²) in [7, 11) is 0. The zero-order chi connectivity index (χ0) is 41.1. The van der Waals surface area contributed by atoms with Gasteiger partial charge in [-0.3, -0.25) is 0 Å². The van der Waals surface area contributed by atoms with Crippen molar-refractivity contribution in [1.29, 1.82) is 0 Å². The standard InChI is InChI=1S/C59H46N2/c1-58(2,3)44-23-17-26-47(39-44)60(48-37-38-56-52(40-48)50-27-14-16-32-55(50)61(56)45-24-11-6-12-25-45)46-35-33-41(34-36-46)49-29-18-31-54-57(49)51-28-13-15-30-53(51)59(54,42-19-7-4-8-20-42)43-21-9-5-10-22-43/h4-40H,1-3H3. The van der Waals surface area contributed by atoms with Crippen LogP contribution in [-0.4, -0.2) is 4.57 Å². The van der Waals surface area contributed by atoms with Crippen LogP contribution in [0, 0.1) is 0 Å². The van der Waals surface area contributed by atoms with Crippen molar-refractivity contribution in [3.05, 3.63) is 252 Å². The van der Waals surface area contributed by atoms with Crippen LogP contribution in [0.25, 0.3) is 49.7 Å². The molecule has 292 valence electrons. The second kappa shape index (κ2) is 14.4. The average molecular weight is 783 g/mol. The van der Waals surface area contributed by atoms with Crippen LogP contribution < -0.4 is 4.90 Å². The van der Waals surface area contributed by atoms with Crippen molar-refractivity contribution in [2.45, 2.75) is 31.6 Å². The Morgan fingerprint density at radius 2 is 0.967 bits per heavy atom. The van der Waals surface area contributed by atoms with E-state index in [1.165, 1.54) is 71.9 Å². The molecule has 2 heteroatoms. The predicted octanol–water partition coefficient (Wildman–Crippen LogP) is 15.6. The minimum Gasteiger partial charge on any atom is -0.310 e. The number of nitrogens with zero attached hydrogens (tertiary/aromatic N) is 2. The van der Waals surface area contributed by atoms with Crippen molar-refractivity contribution < 1.29 is 0 Å². The molecule has 61 heavy (non-hydrogen) atoms. The normalized spacial score (nSPS) is 13.0. The number of benzene rings is 9. The van der Waals surface area contributed by atoms with Crippen molar-refractivity contribution in [3.63, 3.8) is 0 Å². The first kappa shape index (κ1) is 36.6. The molecule has 1 aliphatic rings. The van der Waals surface area contributed by atoms with Gasteiger partial charge >= 0.3 is 0 Å². The maximum absolute atomic E-state index is 2.42. The molecule has 0 saturated carbocycles. The lowest BCUT2D eigenvalue weighted by Gasteiger charge is -2.34. The summed E-state index contributed by atoms with van der Waals surface area (Å²) in [6.07, 6.45) is 0. The van der Waals surface area contributed by atoms with Crippen LogP contribution in [0.2, 0.25) is 0 Å². The highest BCUT2D eigenvalue weighted by atomic mass is 15.1. The molecule has 0 bridgehead atoms. The third kappa shape index (κ3) is 5.85. The highest BCUT2D eigenvalue weighted by Gasteiger charge is 2.46. The Bertz CT molecular complexity index is 3170. The van der Waals surface area contributed by atoms with Crippen LogP contribution in [0.3, 0.4) is 0 Å². The molecule has 0 N–H and O–H groups in total. The molecule has 1 aliphatic carbocycles. The van der Waals surface area contributed by atoms with Crippen molar-refractivity contribution in [3.8, 4) is 27.9 Å². The molecule has 10 aromatic rings. The number of aromatic nitrogens is 1. The molecule has 0 fully saturated rings. The smallest absolute Gasteiger partial charge is 0.0713 e. The van der Waals surface area contributed by atoms with Gasteiger partial charge in [-0.2, -0.15) is 0 Å². The van der Waals surface area contributed by atoms with Gasteiger partial charge in [-0.05, 0) is 116 Å². The van der Waals surface area contributed by atoms with Crippen LogP contribution in [0.5, 0.6) is 0 Å². The molecule has 0 spiro atoms. The van der Waals surface area contributed by atoms with E-state index >= 15 is 0 Å². The summed E-state index contributed by atoms with van der Waals surface area (Å²) in [6.45, 7) is 6.86. The van der Waals surface area contributed by atoms with Gasteiger partial charge in [0.05, 0.1) is 16.4 Å². The first-order valence-electron chi connectivity index (χ1n) is 21.4. The molecule has 1 aromatic heterocycles. The highest BCUT2D eigenvalue weighted by molar-refractivity contribution is 6.10. The molecule has 0 saturated heterocycles. The Morgan fingerprint density at radius 3 is 1.69 bits per heavy atom. The largest absolute Gasteiger partial charge is 0.310 e. The highest BCUT2D eigenvalue weighted by Crippen LogP contribution is 2.58. The van der Waals surface area contributed by atoms with Crippen LogP contribution in [0.15, 0.2) is 224 Å². The number of hydrogen-bond donors (Lipinski definition) is 0. The fourth-order valence-corrected chi connectivity index (χ4v) is 10.0. The molecule has 9 aromatic carbocycles. The van der Waals surface area contributed by atoms with E-state index in [4.69, 9.17) is 0 Å². The third-order valence-corrected chi connectivity index (χ3v) is 12.8. The SMILES string of the molecule is CC(C)(C)c1cccc(N(c2ccc(-c3cccc4c3-c3ccccc3C4(c3ccccc3)c3ccccc3)cc2)c2ccc3c(c2)c2ccccc2n3-c2ccccc2)c1. The maximum Gasteiger partial charge on any atom is 0.0713 e. The molecule has 11 rings (SSSR count). The first-order chi connectivity index (χ1) is 29.9. The molecule has 0 unspecified atom stereocenters. The Morgan fingerprint density at radius 1 is 0.410 bits per heavy atom. The van der Waals surface area contributed by atoms with Crippen LogP contribution in [-0.2, 0) is 10.8 Å². The summed E-state index contributed by atoms with van der Waals surface area (Å²) in [4.78, 5) is 2.42. The first-order valence-corrected chi connectivity index (χ1v) is 21.4. The van der Waals surface area contributed by atoms with Crippen molar-refractivity contribution in [2.75, 3.05) is 4.90 Å². The van der Waals surface area contributed by atoms with Gasteiger partial charge in [-0.1, -0.05) is 185 Å².